The molecule has 1 aromatic heterocycles. The van der Waals surface area contributed by atoms with Crippen LogP contribution in [0.1, 0.15) is 17.7 Å². The first-order chi connectivity index (χ1) is 8.75. The van der Waals surface area contributed by atoms with Gasteiger partial charge in [-0.1, -0.05) is 0 Å². The highest BCUT2D eigenvalue weighted by Crippen LogP contribution is 2.31. The number of nitrogens with zero attached hydrogens (tertiary/aromatic N) is 2. The highest BCUT2D eigenvalue weighted by Gasteiger charge is 2.13. The van der Waals surface area contributed by atoms with Crippen molar-refractivity contribution >= 4 is 5.69 Å². The van der Waals surface area contributed by atoms with Crippen LogP contribution in [0.2, 0.25) is 0 Å². The van der Waals surface area contributed by atoms with Gasteiger partial charge in [0.1, 0.15) is 12.1 Å². The second-order valence-corrected chi connectivity index (χ2v) is 4.50. The zero-order chi connectivity index (χ0) is 12.5. The Kier molecular flexibility index (Phi) is 2.63. The van der Waals surface area contributed by atoms with E-state index in [0.29, 0.717) is 5.69 Å². The molecule has 0 saturated carbocycles. The molecule has 2 N–H and O–H groups in total. The van der Waals surface area contributed by atoms with E-state index in [1.165, 1.54) is 5.56 Å². The molecule has 3 rings (SSSR count). The van der Waals surface area contributed by atoms with E-state index in [0.717, 1.165) is 42.1 Å². The Labute approximate surface area is 106 Å². The molecule has 0 fully saturated rings. The van der Waals surface area contributed by atoms with Crippen molar-refractivity contribution in [3.8, 4) is 17.0 Å². The first kappa shape index (κ1) is 11.0. The molecule has 0 aliphatic carbocycles. The molecule has 1 aliphatic rings. The third-order valence-corrected chi connectivity index (χ3v) is 3.27. The van der Waals surface area contributed by atoms with Crippen molar-refractivity contribution in [1.29, 1.82) is 0 Å². The Bertz CT molecular complexity index is 596. The molecule has 1 aliphatic heterocycles. The molecule has 0 spiro atoms. The molecule has 4 nitrogen and oxygen atoms in total. The minimum atomic E-state index is 0.647. The lowest BCUT2D eigenvalue weighted by Crippen LogP contribution is -2.08. The number of rotatable bonds is 1. The number of anilines is 1. The standard InChI is InChI=1S/C14H15N3O/c1-9-13(15)14(17-8-16-9)11-4-5-12-10(7-11)3-2-6-18-12/h4-5,7-8H,2-3,6,15H2,1H3. The first-order valence-corrected chi connectivity index (χ1v) is 6.09. The van der Waals surface area contributed by atoms with E-state index >= 15 is 0 Å². The second kappa shape index (κ2) is 4.29. The van der Waals surface area contributed by atoms with E-state index in [2.05, 4.69) is 16.0 Å². The Morgan fingerprint density at radius 2 is 2.17 bits per heavy atom. The van der Waals surface area contributed by atoms with Crippen molar-refractivity contribution in [2.75, 3.05) is 12.3 Å². The summed E-state index contributed by atoms with van der Waals surface area (Å²) in [7, 11) is 0. The maximum atomic E-state index is 6.03. The van der Waals surface area contributed by atoms with Gasteiger partial charge in [0.25, 0.3) is 0 Å². The van der Waals surface area contributed by atoms with Crippen LogP contribution >= 0.6 is 0 Å². The van der Waals surface area contributed by atoms with Gasteiger partial charge < -0.3 is 10.5 Å². The van der Waals surface area contributed by atoms with E-state index in [9.17, 15) is 0 Å². The second-order valence-electron chi connectivity index (χ2n) is 4.50. The number of nitrogens with two attached hydrogens (primary N) is 1. The van der Waals surface area contributed by atoms with Crippen molar-refractivity contribution in [2.45, 2.75) is 19.8 Å². The smallest absolute Gasteiger partial charge is 0.122 e. The molecule has 0 saturated heterocycles. The zero-order valence-electron chi connectivity index (χ0n) is 10.3. The van der Waals surface area contributed by atoms with Gasteiger partial charge in [-0.25, -0.2) is 9.97 Å². The molecular weight excluding hydrogens is 226 g/mol. The Balaban J connectivity index is 2.09. The topological polar surface area (TPSA) is 61.0 Å². The van der Waals surface area contributed by atoms with Crippen LogP contribution in [-0.2, 0) is 6.42 Å². The largest absolute Gasteiger partial charge is 0.493 e. The summed E-state index contributed by atoms with van der Waals surface area (Å²) in [5.41, 5.74) is 10.6. The van der Waals surface area contributed by atoms with Crippen LogP contribution in [0.5, 0.6) is 5.75 Å². The number of benzene rings is 1. The molecule has 0 atom stereocenters. The molecule has 2 heterocycles. The normalized spacial score (nSPS) is 13.8. The minimum absolute atomic E-state index is 0.647. The average molecular weight is 241 g/mol. The van der Waals surface area contributed by atoms with Crippen LogP contribution in [0.15, 0.2) is 24.5 Å². The van der Waals surface area contributed by atoms with E-state index < -0.39 is 0 Å². The van der Waals surface area contributed by atoms with Crippen molar-refractivity contribution in [1.82, 2.24) is 9.97 Å². The van der Waals surface area contributed by atoms with Crippen LogP contribution in [0.3, 0.4) is 0 Å². The number of nitrogen functional groups attached to an aromatic ring is 1. The summed E-state index contributed by atoms with van der Waals surface area (Å²) < 4.78 is 5.60. The number of fused-ring (bicyclic) bond motifs is 1. The van der Waals surface area contributed by atoms with Crippen molar-refractivity contribution in [3.05, 3.63) is 35.8 Å². The highest BCUT2D eigenvalue weighted by atomic mass is 16.5. The molecule has 0 radical (unpaired) electrons. The summed E-state index contributed by atoms with van der Waals surface area (Å²) >= 11 is 0. The summed E-state index contributed by atoms with van der Waals surface area (Å²) in [6, 6.07) is 6.12. The zero-order valence-corrected chi connectivity index (χ0v) is 10.3. The quantitative estimate of drug-likeness (QED) is 0.832. The Morgan fingerprint density at radius 1 is 1.28 bits per heavy atom. The van der Waals surface area contributed by atoms with Crippen LogP contribution < -0.4 is 10.5 Å². The van der Waals surface area contributed by atoms with Gasteiger partial charge in [0, 0.05) is 5.56 Å². The molecule has 1 aromatic carbocycles. The van der Waals surface area contributed by atoms with Gasteiger partial charge in [-0.2, -0.15) is 0 Å². The van der Waals surface area contributed by atoms with Crippen LogP contribution in [0, 0.1) is 6.92 Å². The molecule has 0 bridgehead atoms. The lowest BCUT2D eigenvalue weighted by Gasteiger charge is -2.18. The average Bonchev–Trinajstić information content (AvgIpc) is 2.41. The monoisotopic (exact) mass is 241 g/mol. The van der Waals surface area contributed by atoms with Crippen molar-refractivity contribution in [2.24, 2.45) is 0 Å². The molecule has 4 heteroatoms. The summed E-state index contributed by atoms with van der Waals surface area (Å²) in [4.78, 5) is 8.37. The fraction of sp³-hybridized carbons (Fsp3) is 0.286. The number of ether oxygens (including phenoxy) is 1. The van der Waals surface area contributed by atoms with Gasteiger partial charge in [0.15, 0.2) is 0 Å². The first-order valence-electron chi connectivity index (χ1n) is 6.09. The third-order valence-electron chi connectivity index (χ3n) is 3.27. The summed E-state index contributed by atoms with van der Waals surface area (Å²) in [6.45, 7) is 2.70. The number of aromatic nitrogens is 2. The number of hydrogen-bond donors (Lipinski definition) is 1. The van der Waals surface area contributed by atoms with Gasteiger partial charge in [0.2, 0.25) is 0 Å². The maximum absolute atomic E-state index is 6.03. The van der Waals surface area contributed by atoms with Gasteiger partial charge in [-0.15, -0.1) is 0 Å². The van der Waals surface area contributed by atoms with Crippen LogP contribution in [0.25, 0.3) is 11.3 Å². The Morgan fingerprint density at radius 3 is 3.06 bits per heavy atom. The van der Waals surface area contributed by atoms with Gasteiger partial charge in [-0.3, -0.25) is 0 Å². The van der Waals surface area contributed by atoms with Crippen molar-refractivity contribution < 1.29 is 4.74 Å². The fourth-order valence-electron chi connectivity index (χ4n) is 2.22. The SMILES string of the molecule is Cc1ncnc(-c2ccc3c(c2)CCCO3)c1N. The molecule has 2 aromatic rings. The lowest BCUT2D eigenvalue weighted by atomic mass is 10.0. The molecule has 0 unspecified atom stereocenters. The number of aryl methyl sites for hydroxylation is 2. The predicted molar refractivity (Wildman–Crippen MR) is 70.4 cm³/mol. The van der Waals surface area contributed by atoms with Gasteiger partial charge in [-0.05, 0) is 43.5 Å². The molecule has 18 heavy (non-hydrogen) atoms. The molecule has 0 amide bonds. The van der Waals surface area contributed by atoms with E-state index in [4.69, 9.17) is 10.5 Å². The highest BCUT2D eigenvalue weighted by molar-refractivity contribution is 5.74. The summed E-state index contributed by atoms with van der Waals surface area (Å²) in [5, 5.41) is 0. The third kappa shape index (κ3) is 1.79. The van der Waals surface area contributed by atoms with Crippen LogP contribution in [-0.4, -0.2) is 16.6 Å². The van der Waals surface area contributed by atoms with E-state index in [-0.39, 0.29) is 0 Å². The molecular formula is C14H15N3O. The van der Waals surface area contributed by atoms with Gasteiger partial charge >= 0.3 is 0 Å². The van der Waals surface area contributed by atoms with E-state index in [1.807, 2.05) is 19.1 Å². The fourth-order valence-corrected chi connectivity index (χ4v) is 2.22. The van der Waals surface area contributed by atoms with Crippen molar-refractivity contribution in [3.63, 3.8) is 0 Å². The lowest BCUT2D eigenvalue weighted by molar-refractivity contribution is 0.288. The number of hydrogen-bond acceptors (Lipinski definition) is 4. The summed E-state index contributed by atoms with van der Waals surface area (Å²) in [6.07, 6.45) is 3.67. The van der Waals surface area contributed by atoms with Crippen LogP contribution in [0.4, 0.5) is 5.69 Å². The maximum Gasteiger partial charge on any atom is 0.122 e. The Hall–Kier alpha value is -2.10. The summed E-state index contributed by atoms with van der Waals surface area (Å²) in [5.74, 6) is 0.981. The van der Waals surface area contributed by atoms with E-state index in [1.54, 1.807) is 6.33 Å². The predicted octanol–water partition coefficient (Wildman–Crippen LogP) is 2.36. The molecule has 92 valence electrons. The minimum Gasteiger partial charge on any atom is -0.493 e. The van der Waals surface area contributed by atoms with Gasteiger partial charge in [0.05, 0.1) is 23.7 Å².